The van der Waals surface area contributed by atoms with E-state index in [2.05, 4.69) is 31.4 Å². The Morgan fingerprint density at radius 3 is 3.04 bits per heavy atom. The average Bonchev–Trinajstić information content (AvgIpc) is 3.20. The van der Waals surface area contributed by atoms with Crippen molar-refractivity contribution in [2.75, 3.05) is 11.9 Å². The molecule has 6 heteroatoms. The summed E-state index contributed by atoms with van der Waals surface area (Å²) in [5.41, 5.74) is 5.52. The number of ether oxygens (including phenoxy) is 1. The minimum absolute atomic E-state index is 0.187. The topological polar surface area (TPSA) is 67.0 Å². The predicted octanol–water partition coefficient (Wildman–Crippen LogP) is 3.69. The van der Waals surface area contributed by atoms with Crippen molar-refractivity contribution in [3.8, 4) is 0 Å². The highest BCUT2D eigenvalue weighted by atomic mass is 79.9. The summed E-state index contributed by atoms with van der Waals surface area (Å²) in [5, 5.41) is 11.6. The quantitative estimate of drug-likeness (QED) is 0.630. The molecule has 1 atom stereocenters. The number of cyclic esters (lactones) is 1. The van der Waals surface area contributed by atoms with Gasteiger partial charge in [0.1, 0.15) is 6.61 Å². The lowest BCUT2D eigenvalue weighted by molar-refractivity contribution is -0.136. The molecule has 0 radical (unpaired) electrons. The molecule has 1 unspecified atom stereocenters. The number of benzene rings is 2. The highest BCUT2D eigenvalue weighted by molar-refractivity contribution is 9.10. The van der Waals surface area contributed by atoms with Gasteiger partial charge in [0, 0.05) is 27.0 Å². The van der Waals surface area contributed by atoms with Crippen molar-refractivity contribution in [3.63, 3.8) is 0 Å². The van der Waals surface area contributed by atoms with E-state index in [-0.39, 0.29) is 11.9 Å². The van der Waals surface area contributed by atoms with Gasteiger partial charge in [0.25, 0.3) is 0 Å². The second-order valence-electron chi connectivity index (χ2n) is 5.94. The van der Waals surface area contributed by atoms with Gasteiger partial charge in [0.05, 0.1) is 23.0 Å². The van der Waals surface area contributed by atoms with Crippen LogP contribution in [0.1, 0.15) is 17.0 Å². The van der Waals surface area contributed by atoms with Crippen LogP contribution in [0.25, 0.3) is 10.9 Å². The molecule has 1 aromatic heterocycles. The second kappa shape index (κ2) is 4.95. The second-order valence-corrected chi connectivity index (χ2v) is 6.86. The molecule has 2 N–H and O–H groups in total. The fourth-order valence-electron chi connectivity index (χ4n) is 3.58. The SMILES string of the molecule is O=C1OCC2=C1C(c1cccc(Br)c1)c1c(ccc3cn[nH]c13)N2. The summed E-state index contributed by atoms with van der Waals surface area (Å²) in [4.78, 5) is 12.4. The number of rotatable bonds is 1. The van der Waals surface area contributed by atoms with E-state index < -0.39 is 0 Å². The van der Waals surface area contributed by atoms with Crippen molar-refractivity contribution in [1.82, 2.24) is 10.2 Å². The van der Waals surface area contributed by atoms with Crippen molar-refractivity contribution in [2.45, 2.75) is 5.92 Å². The fourth-order valence-corrected chi connectivity index (χ4v) is 4.00. The molecule has 0 bridgehead atoms. The van der Waals surface area contributed by atoms with Crippen LogP contribution in [-0.2, 0) is 9.53 Å². The maximum Gasteiger partial charge on any atom is 0.337 e. The highest BCUT2D eigenvalue weighted by Crippen LogP contribution is 2.46. The van der Waals surface area contributed by atoms with Crippen molar-refractivity contribution in [3.05, 3.63) is 69.5 Å². The van der Waals surface area contributed by atoms with Gasteiger partial charge in [-0.3, -0.25) is 5.10 Å². The summed E-state index contributed by atoms with van der Waals surface area (Å²) in [6.45, 7) is 0.291. The van der Waals surface area contributed by atoms with Crippen LogP contribution in [0, 0.1) is 0 Å². The molecule has 5 rings (SSSR count). The number of esters is 1. The van der Waals surface area contributed by atoms with Gasteiger partial charge in [-0.25, -0.2) is 4.79 Å². The van der Waals surface area contributed by atoms with Crippen LogP contribution in [0.2, 0.25) is 0 Å². The monoisotopic (exact) mass is 381 g/mol. The molecule has 0 amide bonds. The standard InChI is InChI=1S/C18H12BrN3O2/c19-11-3-1-2-9(6-11)14-15-12(5-4-10-7-20-22-17(10)15)21-13-8-24-18(23)16(13)14/h1-7,14,21H,8H2,(H,20,22). The molecule has 0 fully saturated rings. The largest absolute Gasteiger partial charge is 0.456 e. The summed E-state index contributed by atoms with van der Waals surface area (Å²) in [7, 11) is 0. The van der Waals surface area contributed by atoms with Crippen molar-refractivity contribution in [1.29, 1.82) is 0 Å². The van der Waals surface area contributed by atoms with E-state index in [1.165, 1.54) is 0 Å². The van der Waals surface area contributed by atoms with Crippen molar-refractivity contribution >= 4 is 38.5 Å². The normalized spacial score (nSPS) is 19.0. The Hall–Kier alpha value is -2.60. The summed E-state index contributed by atoms with van der Waals surface area (Å²) < 4.78 is 6.27. The van der Waals surface area contributed by atoms with E-state index in [4.69, 9.17) is 4.74 Å². The Kier molecular flexibility index (Phi) is 2.84. The summed E-state index contributed by atoms with van der Waals surface area (Å²) >= 11 is 3.53. The average molecular weight is 382 g/mol. The third kappa shape index (κ3) is 1.86. The smallest absolute Gasteiger partial charge is 0.337 e. The number of aromatic amines is 1. The molecular formula is C18H12BrN3O2. The van der Waals surface area contributed by atoms with E-state index in [0.717, 1.165) is 37.9 Å². The Bertz CT molecular complexity index is 1040. The summed E-state index contributed by atoms with van der Waals surface area (Å²) in [6, 6.07) is 12.1. The first-order valence-corrected chi connectivity index (χ1v) is 8.40. The first kappa shape index (κ1) is 13.8. The first-order valence-electron chi connectivity index (χ1n) is 7.61. The molecule has 0 saturated heterocycles. The molecule has 0 aliphatic carbocycles. The Morgan fingerprint density at radius 1 is 1.25 bits per heavy atom. The molecule has 24 heavy (non-hydrogen) atoms. The number of hydrogen-bond acceptors (Lipinski definition) is 4. The van der Waals surface area contributed by atoms with Crippen molar-refractivity contribution < 1.29 is 9.53 Å². The van der Waals surface area contributed by atoms with Crippen molar-refractivity contribution in [2.24, 2.45) is 0 Å². The fraction of sp³-hybridized carbons (Fsp3) is 0.111. The molecule has 2 aliphatic heterocycles. The molecule has 3 aromatic rings. The molecule has 0 spiro atoms. The van der Waals surface area contributed by atoms with E-state index in [0.29, 0.717) is 12.2 Å². The van der Waals surface area contributed by atoms with Gasteiger partial charge >= 0.3 is 5.97 Å². The molecule has 5 nitrogen and oxygen atoms in total. The number of carbonyl (C=O) groups is 1. The Balaban J connectivity index is 1.84. The number of nitrogens with one attached hydrogen (secondary N) is 2. The molecule has 2 aliphatic rings. The third-order valence-corrected chi connectivity index (χ3v) is 5.09. The zero-order valence-corrected chi connectivity index (χ0v) is 14.1. The van der Waals surface area contributed by atoms with Gasteiger partial charge in [-0.1, -0.05) is 28.1 Å². The lowest BCUT2D eigenvalue weighted by Gasteiger charge is -2.27. The van der Waals surface area contributed by atoms with Crippen LogP contribution in [0.4, 0.5) is 5.69 Å². The van der Waals surface area contributed by atoms with Gasteiger partial charge in [-0.2, -0.15) is 5.10 Å². The van der Waals surface area contributed by atoms with E-state index in [9.17, 15) is 4.79 Å². The predicted molar refractivity (Wildman–Crippen MR) is 93.7 cm³/mol. The molecule has 0 saturated carbocycles. The number of fused-ring (bicyclic) bond motifs is 3. The zero-order chi connectivity index (χ0) is 16.3. The third-order valence-electron chi connectivity index (χ3n) is 4.60. The van der Waals surface area contributed by atoms with E-state index in [1.54, 1.807) is 6.20 Å². The van der Waals surface area contributed by atoms with Crippen LogP contribution in [0.15, 0.2) is 58.3 Å². The van der Waals surface area contributed by atoms with E-state index in [1.807, 2.05) is 36.4 Å². The van der Waals surface area contributed by atoms with Crippen LogP contribution in [0.5, 0.6) is 0 Å². The lowest BCUT2D eigenvalue weighted by atomic mass is 9.80. The number of H-pyrrole nitrogens is 1. The van der Waals surface area contributed by atoms with Gasteiger partial charge in [-0.05, 0) is 29.8 Å². The Labute approximate surface area is 145 Å². The molecule has 3 heterocycles. The number of anilines is 1. The van der Waals surface area contributed by atoms with Gasteiger partial charge in [0.2, 0.25) is 0 Å². The van der Waals surface area contributed by atoms with Gasteiger partial charge in [0.15, 0.2) is 0 Å². The van der Waals surface area contributed by atoms with Crippen LogP contribution >= 0.6 is 15.9 Å². The summed E-state index contributed by atoms with van der Waals surface area (Å²) in [6.07, 6.45) is 1.80. The van der Waals surface area contributed by atoms with Crippen LogP contribution < -0.4 is 5.32 Å². The van der Waals surface area contributed by atoms with E-state index >= 15 is 0 Å². The maximum absolute atomic E-state index is 12.4. The van der Waals surface area contributed by atoms with Crippen LogP contribution in [-0.4, -0.2) is 22.8 Å². The lowest BCUT2D eigenvalue weighted by Crippen LogP contribution is -2.20. The number of halogens is 1. The number of aromatic nitrogens is 2. The Morgan fingerprint density at radius 2 is 2.17 bits per heavy atom. The minimum atomic E-state index is -0.260. The van der Waals surface area contributed by atoms with Gasteiger partial charge in [-0.15, -0.1) is 0 Å². The van der Waals surface area contributed by atoms with Crippen LogP contribution in [0.3, 0.4) is 0 Å². The van der Waals surface area contributed by atoms with Gasteiger partial charge < -0.3 is 10.1 Å². The number of hydrogen-bond donors (Lipinski definition) is 2. The first-order chi connectivity index (χ1) is 11.7. The highest BCUT2D eigenvalue weighted by Gasteiger charge is 2.39. The zero-order valence-electron chi connectivity index (χ0n) is 12.5. The molecule has 2 aromatic carbocycles. The molecule has 118 valence electrons. The molecular weight excluding hydrogens is 370 g/mol. The number of nitrogens with zero attached hydrogens (tertiary/aromatic N) is 1. The number of carbonyl (C=O) groups excluding carboxylic acids is 1. The minimum Gasteiger partial charge on any atom is -0.456 e. The maximum atomic E-state index is 12.4. The summed E-state index contributed by atoms with van der Waals surface area (Å²) in [5.74, 6) is -0.447.